The van der Waals surface area contributed by atoms with E-state index in [2.05, 4.69) is 21.3 Å². The maximum Gasteiger partial charge on any atom is 0.416 e. The zero-order valence-electron chi connectivity index (χ0n) is 19.9. The first-order chi connectivity index (χ1) is 17.3. The van der Waals surface area contributed by atoms with Gasteiger partial charge in [0.25, 0.3) is 5.91 Å². The summed E-state index contributed by atoms with van der Waals surface area (Å²) >= 11 is 0. The van der Waals surface area contributed by atoms with Crippen molar-refractivity contribution in [3.8, 4) is 0 Å². The monoisotopic (exact) mass is 540 g/mol. The van der Waals surface area contributed by atoms with Gasteiger partial charge in [-0.25, -0.2) is 13.2 Å². The minimum atomic E-state index is -4.59. The Hall–Kier alpha value is -3.61. The summed E-state index contributed by atoms with van der Waals surface area (Å²) in [4.78, 5) is 37.2. The first-order valence-corrected chi connectivity index (χ1v) is 13.3. The highest BCUT2D eigenvalue weighted by molar-refractivity contribution is 7.90. The second-order valence-corrected chi connectivity index (χ2v) is 10.7. The van der Waals surface area contributed by atoms with Gasteiger partial charge in [0.2, 0.25) is 5.91 Å². The number of nitrogens with one attached hydrogen (secondary N) is 4. The Morgan fingerprint density at radius 1 is 0.946 bits per heavy atom. The largest absolute Gasteiger partial charge is 0.416 e. The minimum absolute atomic E-state index is 0.119. The lowest BCUT2D eigenvalue weighted by Gasteiger charge is -2.32. The van der Waals surface area contributed by atoms with E-state index < -0.39 is 58.1 Å². The van der Waals surface area contributed by atoms with Crippen molar-refractivity contribution in [3.05, 3.63) is 59.7 Å². The fraction of sp³-hybridized carbons (Fsp3) is 0.375. The number of urea groups is 1. The van der Waals surface area contributed by atoms with Gasteiger partial charge in [-0.15, -0.1) is 0 Å². The third-order valence-electron chi connectivity index (χ3n) is 5.83. The Morgan fingerprint density at radius 3 is 2.16 bits per heavy atom. The fourth-order valence-electron chi connectivity index (χ4n) is 3.95. The van der Waals surface area contributed by atoms with Gasteiger partial charge in [-0.1, -0.05) is 18.9 Å². The molecule has 1 aliphatic carbocycles. The SMILES string of the molecule is CS(=O)(=O)c1ccc(NC(=O)N[C@H]2CCCC[C@H]2NC(=O)CNC(=O)c2cccc(C(F)(F)F)c2)cc1. The molecule has 0 saturated heterocycles. The highest BCUT2D eigenvalue weighted by Crippen LogP contribution is 2.29. The van der Waals surface area contributed by atoms with Crippen LogP contribution in [0.15, 0.2) is 53.4 Å². The number of alkyl halides is 3. The van der Waals surface area contributed by atoms with Crippen molar-refractivity contribution < 1.29 is 36.0 Å². The summed E-state index contributed by atoms with van der Waals surface area (Å²) in [5.74, 6) is -1.36. The molecule has 1 saturated carbocycles. The molecule has 3 rings (SSSR count). The molecule has 9 nitrogen and oxygen atoms in total. The predicted octanol–water partition coefficient (Wildman–Crippen LogP) is 3.09. The number of halogens is 3. The van der Waals surface area contributed by atoms with Crippen LogP contribution >= 0.6 is 0 Å². The summed E-state index contributed by atoms with van der Waals surface area (Å²) in [6, 6.07) is 8.23. The van der Waals surface area contributed by atoms with Crippen molar-refractivity contribution in [1.29, 1.82) is 0 Å². The molecule has 2 aromatic carbocycles. The average molecular weight is 541 g/mol. The van der Waals surface area contributed by atoms with Crippen LogP contribution in [0.3, 0.4) is 0 Å². The number of amides is 4. The van der Waals surface area contributed by atoms with E-state index in [1.165, 1.54) is 30.3 Å². The van der Waals surface area contributed by atoms with E-state index in [9.17, 15) is 36.0 Å². The standard InChI is InChI=1S/C24H27F3N4O5S/c1-37(35,36)18-11-9-17(10-12-18)29-23(34)31-20-8-3-2-7-19(20)30-21(32)14-28-22(33)15-5-4-6-16(13-15)24(25,26)27/h4-6,9-13,19-20H,2-3,7-8,14H2,1H3,(H,28,33)(H,30,32)(H2,29,31,34)/t19-,20+/m1/s1. The maximum atomic E-state index is 12.9. The lowest BCUT2D eigenvalue weighted by atomic mass is 9.90. The van der Waals surface area contributed by atoms with Gasteiger partial charge in [0, 0.05) is 23.5 Å². The number of rotatable bonds is 7. The summed E-state index contributed by atoms with van der Waals surface area (Å²) in [6.07, 6.45) is -0.691. The predicted molar refractivity (Wildman–Crippen MR) is 130 cm³/mol. The van der Waals surface area contributed by atoms with Crippen molar-refractivity contribution in [1.82, 2.24) is 16.0 Å². The highest BCUT2D eigenvalue weighted by Gasteiger charge is 2.31. The van der Waals surface area contributed by atoms with Crippen LogP contribution in [0.5, 0.6) is 0 Å². The summed E-state index contributed by atoms with van der Waals surface area (Å²) < 4.78 is 61.7. The molecule has 1 fully saturated rings. The van der Waals surface area contributed by atoms with Crippen molar-refractivity contribution in [2.45, 2.75) is 48.8 Å². The molecule has 0 spiro atoms. The first kappa shape index (κ1) is 28.0. The summed E-state index contributed by atoms with van der Waals surface area (Å²) in [5.41, 5.74) is -0.801. The topological polar surface area (TPSA) is 133 Å². The Balaban J connectivity index is 1.52. The third kappa shape index (κ3) is 8.20. The Morgan fingerprint density at radius 2 is 1.57 bits per heavy atom. The van der Waals surface area contributed by atoms with Gasteiger partial charge in [-0.2, -0.15) is 13.2 Å². The normalized spacial score (nSPS) is 17.9. The van der Waals surface area contributed by atoms with Gasteiger partial charge in [-0.3, -0.25) is 9.59 Å². The molecule has 13 heteroatoms. The first-order valence-electron chi connectivity index (χ1n) is 11.5. The minimum Gasteiger partial charge on any atom is -0.350 e. The number of carbonyl (C=O) groups excluding carboxylic acids is 3. The lowest BCUT2D eigenvalue weighted by Crippen LogP contribution is -2.55. The quantitative estimate of drug-likeness (QED) is 0.428. The van der Waals surface area contributed by atoms with E-state index in [0.717, 1.165) is 31.2 Å². The molecular formula is C24H27F3N4O5S. The second kappa shape index (κ2) is 11.6. The third-order valence-corrected chi connectivity index (χ3v) is 6.96. The van der Waals surface area contributed by atoms with E-state index in [0.29, 0.717) is 24.6 Å². The summed E-state index contributed by atoms with van der Waals surface area (Å²) in [7, 11) is -3.36. The van der Waals surface area contributed by atoms with Gasteiger partial charge in [0.15, 0.2) is 9.84 Å². The van der Waals surface area contributed by atoms with Crippen LogP contribution in [0, 0.1) is 0 Å². The summed E-state index contributed by atoms with van der Waals surface area (Å²) in [5, 5.41) is 10.5. The molecule has 0 heterocycles. The van der Waals surface area contributed by atoms with E-state index >= 15 is 0 Å². The molecule has 37 heavy (non-hydrogen) atoms. The molecule has 4 amide bonds. The zero-order valence-corrected chi connectivity index (χ0v) is 20.7. The molecule has 200 valence electrons. The van der Waals surface area contributed by atoms with Crippen LogP contribution in [0.4, 0.5) is 23.7 Å². The summed E-state index contributed by atoms with van der Waals surface area (Å²) in [6.45, 7) is -0.447. The van der Waals surface area contributed by atoms with Gasteiger partial charge < -0.3 is 21.3 Å². The molecule has 0 bridgehead atoms. The Kier molecular flexibility index (Phi) is 8.79. The van der Waals surface area contributed by atoms with Crippen LogP contribution in [0.25, 0.3) is 0 Å². The number of carbonyl (C=O) groups is 3. The van der Waals surface area contributed by atoms with Crippen molar-refractivity contribution >= 4 is 33.4 Å². The van der Waals surface area contributed by atoms with Crippen LogP contribution < -0.4 is 21.3 Å². The number of hydrogen-bond donors (Lipinski definition) is 4. The number of sulfone groups is 1. The van der Waals surface area contributed by atoms with Crippen LogP contribution in [0.1, 0.15) is 41.6 Å². The molecule has 4 N–H and O–H groups in total. The van der Waals surface area contributed by atoms with Crippen molar-refractivity contribution in [3.63, 3.8) is 0 Å². The van der Waals surface area contributed by atoms with Gasteiger partial charge in [-0.05, 0) is 55.3 Å². The smallest absolute Gasteiger partial charge is 0.350 e. The molecule has 1 aliphatic rings. The van der Waals surface area contributed by atoms with Crippen LogP contribution in [-0.4, -0.2) is 51.1 Å². The average Bonchev–Trinajstić information content (AvgIpc) is 2.83. The van der Waals surface area contributed by atoms with E-state index in [-0.39, 0.29) is 10.5 Å². The molecule has 2 aromatic rings. The Labute approximate surface area is 212 Å². The second-order valence-electron chi connectivity index (χ2n) is 8.72. The van der Waals surface area contributed by atoms with Crippen LogP contribution in [-0.2, 0) is 20.8 Å². The number of benzene rings is 2. The molecule has 0 aromatic heterocycles. The number of anilines is 1. The van der Waals surface area contributed by atoms with E-state index in [1.54, 1.807) is 0 Å². The lowest BCUT2D eigenvalue weighted by molar-refractivity contribution is -0.137. The van der Waals surface area contributed by atoms with Gasteiger partial charge in [0.05, 0.1) is 23.0 Å². The molecular weight excluding hydrogens is 513 g/mol. The van der Waals surface area contributed by atoms with Crippen molar-refractivity contribution in [2.24, 2.45) is 0 Å². The molecule has 2 atom stereocenters. The Bertz CT molecular complexity index is 1250. The molecule has 0 aliphatic heterocycles. The fourth-order valence-corrected chi connectivity index (χ4v) is 4.59. The van der Waals surface area contributed by atoms with E-state index in [4.69, 9.17) is 0 Å². The maximum absolute atomic E-state index is 12.9. The van der Waals surface area contributed by atoms with Crippen molar-refractivity contribution in [2.75, 3.05) is 18.1 Å². The molecule has 0 radical (unpaired) electrons. The highest BCUT2D eigenvalue weighted by atomic mass is 32.2. The van der Waals surface area contributed by atoms with E-state index in [1.807, 2.05) is 0 Å². The number of hydrogen-bond acceptors (Lipinski definition) is 5. The zero-order chi connectivity index (χ0) is 27.2. The van der Waals surface area contributed by atoms with Crippen LogP contribution in [0.2, 0.25) is 0 Å². The molecule has 0 unspecified atom stereocenters. The van der Waals surface area contributed by atoms with Gasteiger partial charge >= 0.3 is 12.2 Å². The van der Waals surface area contributed by atoms with Gasteiger partial charge in [0.1, 0.15) is 0 Å².